The average molecular weight is 126 g/mol. The van der Waals surface area contributed by atoms with Crippen LogP contribution in [-0.2, 0) is 4.74 Å². The van der Waals surface area contributed by atoms with Gasteiger partial charge in [0.05, 0.1) is 0 Å². The Labute approximate surface area is 56.4 Å². The van der Waals surface area contributed by atoms with Crippen molar-refractivity contribution in [1.82, 2.24) is 0 Å². The summed E-state index contributed by atoms with van der Waals surface area (Å²) in [7, 11) is 0. The first-order valence-electron chi connectivity index (χ1n) is 4.03. The first-order chi connectivity index (χ1) is 4.45. The molecule has 3 aliphatic rings. The van der Waals surface area contributed by atoms with Gasteiger partial charge in [-0.15, -0.1) is 0 Å². The van der Waals surface area contributed by atoms with Crippen molar-refractivity contribution >= 4 is 0 Å². The van der Waals surface area contributed by atoms with Crippen LogP contribution >= 0.6 is 0 Å². The molecule has 3 fully saturated rings. The maximum Gasteiger partial charge on any atom is 0.0468 e. The normalized spacial score (nSPS) is 42.7. The van der Waals surface area contributed by atoms with Crippen molar-refractivity contribution in [2.24, 2.45) is 11.8 Å². The van der Waals surface area contributed by atoms with E-state index < -0.39 is 0 Å². The molecule has 3 rings (SSSR count). The van der Waals surface area contributed by atoms with Crippen LogP contribution in [0.3, 0.4) is 0 Å². The summed E-state index contributed by atoms with van der Waals surface area (Å²) in [6, 6.07) is 0. The van der Waals surface area contributed by atoms with Crippen molar-refractivity contribution in [2.45, 2.75) is 25.7 Å². The Morgan fingerprint density at radius 1 is 0.889 bits per heavy atom. The first kappa shape index (κ1) is 5.72. The van der Waals surface area contributed by atoms with Gasteiger partial charge in [0, 0.05) is 13.2 Å². The number of rotatable bonds is 0. The maximum absolute atomic E-state index is 5.38. The highest BCUT2D eigenvalue weighted by molar-refractivity contribution is 4.80. The molecule has 0 aromatic heterocycles. The summed E-state index contributed by atoms with van der Waals surface area (Å²) in [6.07, 6.45) is 5.67. The van der Waals surface area contributed by atoms with Crippen molar-refractivity contribution < 1.29 is 4.74 Å². The molecule has 52 valence electrons. The van der Waals surface area contributed by atoms with E-state index >= 15 is 0 Å². The lowest BCUT2D eigenvalue weighted by Crippen LogP contribution is -2.28. The summed E-state index contributed by atoms with van der Waals surface area (Å²) < 4.78 is 5.38. The highest BCUT2D eigenvalue weighted by atomic mass is 16.5. The number of hydrogen-bond donors (Lipinski definition) is 0. The quantitative estimate of drug-likeness (QED) is 0.481. The monoisotopic (exact) mass is 126 g/mol. The van der Waals surface area contributed by atoms with Gasteiger partial charge < -0.3 is 4.74 Å². The molecular formula is C8H14O. The molecule has 0 aromatic carbocycles. The Hall–Kier alpha value is -0.0400. The summed E-state index contributed by atoms with van der Waals surface area (Å²) >= 11 is 0. The van der Waals surface area contributed by atoms with E-state index in [2.05, 4.69) is 0 Å². The molecule has 2 heterocycles. The predicted molar refractivity (Wildman–Crippen MR) is 36.3 cm³/mol. The standard InChI is InChI=1S/C8H14O/c1-3-9-4-2-8-5-7(1)6-8/h7-8H,1-6H2. The van der Waals surface area contributed by atoms with Crippen LogP contribution in [0.1, 0.15) is 25.7 Å². The zero-order valence-corrected chi connectivity index (χ0v) is 5.81. The fraction of sp³-hybridized carbons (Fsp3) is 1.00. The Balaban J connectivity index is 1.85. The van der Waals surface area contributed by atoms with Gasteiger partial charge in [-0.2, -0.15) is 0 Å². The first-order valence-corrected chi connectivity index (χ1v) is 4.03. The molecule has 0 amide bonds. The summed E-state index contributed by atoms with van der Waals surface area (Å²) in [5.74, 6) is 2.07. The molecule has 1 saturated carbocycles. The number of hydrogen-bond acceptors (Lipinski definition) is 1. The molecule has 0 unspecified atom stereocenters. The second-order valence-corrected chi connectivity index (χ2v) is 3.39. The molecule has 0 N–H and O–H groups in total. The summed E-state index contributed by atoms with van der Waals surface area (Å²) in [4.78, 5) is 0. The highest BCUT2D eigenvalue weighted by Gasteiger charge is 2.29. The van der Waals surface area contributed by atoms with E-state index in [0.717, 1.165) is 25.0 Å². The Bertz CT molecular complexity index is 79.2. The molecule has 9 heavy (non-hydrogen) atoms. The predicted octanol–water partition coefficient (Wildman–Crippen LogP) is 1.82. The lowest BCUT2D eigenvalue weighted by molar-refractivity contribution is 0.0300. The minimum absolute atomic E-state index is 1.03. The Kier molecular flexibility index (Phi) is 1.46. The van der Waals surface area contributed by atoms with Crippen LogP contribution in [0.15, 0.2) is 0 Å². The minimum Gasteiger partial charge on any atom is -0.381 e. The van der Waals surface area contributed by atoms with Crippen molar-refractivity contribution in [2.75, 3.05) is 13.2 Å². The van der Waals surface area contributed by atoms with Crippen LogP contribution in [0.5, 0.6) is 0 Å². The second kappa shape index (κ2) is 2.30. The topological polar surface area (TPSA) is 9.23 Å². The minimum atomic E-state index is 1.03. The molecule has 0 aromatic rings. The molecular weight excluding hydrogens is 112 g/mol. The Morgan fingerprint density at radius 2 is 1.44 bits per heavy atom. The SMILES string of the molecule is C1CC2CC(CCO1)C2. The lowest BCUT2D eigenvalue weighted by Gasteiger charge is -2.37. The van der Waals surface area contributed by atoms with Crippen LogP contribution < -0.4 is 0 Å². The van der Waals surface area contributed by atoms with Gasteiger partial charge >= 0.3 is 0 Å². The molecule has 0 spiro atoms. The van der Waals surface area contributed by atoms with Crippen LogP contribution in [0.25, 0.3) is 0 Å². The van der Waals surface area contributed by atoms with Crippen molar-refractivity contribution in [3.05, 3.63) is 0 Å². The van der Waals surface area contributed by atoms with Crippen LogP contribution in [0.4, 0.5) is 0 Å². The third-order valence-corrected chi connectivity index (χ3v) is 2.67. The van der Waals surface area contributed by atoms with E-state index in [4.69, 9.17) is 4.74 Å². The Morgan fingerprint density at radius 3 is 2.00 bits per heavy atom. The van der Waals surface area contributed by atoms with E-state index in [1.165, 1.54) is 25.7 Å². The zero-order valence-electron chi connectivity index (χ0n) is 5.81. The fourth-order valence-corrected chi connectivity index (χ4v) is 1.95. The van der Waals surface area contributed by atoms with Crippen molar-refractivity contribution in [3.8, 4) is 0 Å². The summed E-state index contributed by atoms with van der Waals surface area (Å²) in [6.45, 7) is 2.05. The van der Waals surface area contributed by atoms with Gasteiger partial charge in [0.25, 0.3) is 0 Å². The molecule has 0 atom stereocenters. The van der Waals surface area contributed by atoms with Gasteiger partial charge in [-0.3, -0.25) is 0 Å². The molecule has 1 heteroatoms. The third kappa shape index (κ3) is 1.11. The summed E-state index contributed by atoms with van der Waals surface area (Å²) in [5.41, 5.74) is 0. The highest BCUT2D eigenvalue weighted by Crippen LogP contribution is 2.39. The third-order valence-electron chi connectivity index (χ3n) is 2.67. The zero-order chi connectivity index (χ0) is 6.10. The van der Waals surface area contributed by atoms with Crippen LogP contribution in [-0.4, -0.2) is 13.2 Å². The van der Waals surface area contributed by atoms with E-state index in [0.29, 0.717) is 0 Å². The molecule has 0 radical (unpaired) electrons. The van der Waals surface area contributed by atoms with E-state index in [9.17, 15) is 0 Å². The van der Waals surface area contributed by atoms with Gasteiger partial charge in [-0.1, -0.05) is 0 Å². The summed E-state index contributed by atoms with van der Waals surface area (Å²) in [5, 5.41) is 0. The molecule has 2 saturated heterocycles. The molecule has 1 aliphatic carbocycles. The molecule has 2 bridgehead atoms. The lowest BCUT2D eigenvalue weighted by atomic mass is 9.71. The average Bonchev–Trinajstić information content (AvgIpc) is 1.54. The van der Waals surface area contributed by atoms with Gasteiger partial charge in [0.15, 0.2) is 0 Å². The number of ether oxygens (including phenoxy) is 1. The molecule has 2 aliphatic heterocycles. The van der Waals surface area contributed by atoms with E-state index in [1.54, 1.807) is 0 Å². The van der Waals surface area contributed by atoms with Gasteiger partial charge in [-0.05, 0) is 37.5 Å². The van der Waals surface area contributed by atoms with Crippen LogP contribution in [0, 0.1) is 11.8 Å². The molecule has 1 nitrogen and oxygen atoms in total. The fourth-order valence-electron chi connectivity index (χ4n) is 1.95. The van der Waals surface area contributed by atoms with Crippen molar-refractivity contribution in [3.63, 3.8) is 0 Å². The van der Waals surface area contributed by atoms with E-state index in [1.807, 2.05) is 0 Å². The largest absolute Gasteiger partial charge is 0.381 e. The van der Waals surface area contributed by atoms with Crippen LogP contribution in [0.2, 0.25) is 0 Å². The smallest absolute Gasteiger partial charge is 0.0468 e. The second-order valence-electron chi connectivity index (χ2n) is 3.39. The van der Waals surface area contributed by atoms with Gasteiger partial charge in [-0.25, -0.2) is 0 Å². The van der Waals surface area contributed by atoms with Crippen molar-refractivity contribution in [1.29, 1.82) is 0 Å². The van der Waals surface area contributed by atoms with Gasteiger partial charge in [0.1, 0.15) is 0 Å². The number of fused-ring (bicyclic) bond motifs is 4. The van der Waals surface area contributed by atoms with Gasteiger partial charge in [0.2, 0.25) is 0 Å². The maximum atomic E-state index is 5.38. The van der Waals surface area contributed by atoms with E-state index in [-0.39, 0.29) is 0 Å².